The van der Waals surface area contributed by atoms with Crippen LogP contribution in [0.25, 0.3) is 0 Å². The van der Waals surface area contributed by atoms with Crippen molar-refractivity contribution in [3.63, 3.8) is 0 Å². The van der Waals surface area contributed by atoms with Gasteiger partial charge in [-0.2, -0.15) is 0 Å². The maximum Gasteiger partial charge on any atom is 0.375 e. The van der Waals surface area contributed by atoms with Gasteiger partial charge in [0, 0.05) is 10.5 Å². The first-order valence-corrected chi connectivity index (χ1v) is 4.34. The Bertz CT molecular complexity index is 425. The van der Waals surface area contributed by atoms with E-state index in [2.05, 4.69) is 20.9 Å². The Kier molecular flexibility index (Phi) is 3.40. The highest BCUT2D eigenvalue weighted by Gasteiger charge is 2.25. The summed E-state index contributed by atoms with van der Waals surface area (Å²) in [6.45, 7) is 0. The van der Waals surface area contributed by atoms with E-state index >= 15 is 0 Å². The Balaban J connectivity index is 3.45. The quantitative estimate of drug-likeness (QED) is 0.484. The minimum Gasteiger partial charge on any atom is -0.358 e. The molecule has 0 aliphatic rings. The van der Waals surface area contributed by atoms with Gasteiger partial charge in [-0.05, 0) is 25.8 Å². The lowest BCUT2D eigenvalue weighted by Crippen LogP contribution is -2.02. The number of halogens is 3. The number of hydrogen-bond acceptors (Lipinski definition) is 4. The fourth-order valence-electron chi connectivity index (χ4n) is 0.889. The first-order valence-electron chi connectivity index (χ1n) is 3.55. The van der Waals surface area contributed by atoms with Crippen molar-refractivity contribution in [2.45, 2.75) is 6.43 Å². The van der Waals surface area contributed by atoms with Crippen LogP contribution in [0.3, 0.4) is 0 Å². The molecule has 0 aromatic carbocycles. The molecule has 0 atom stereocenters. The number of hydrogen-bond donors (Lipinski definition) is 0. The Morgan fingerprint density at radius 3 is 2.60 bits per heavy atom. The SMILES string of the molecule is O=Cc1c(Br)cc(C(F)F)nc1[N+](=O)[O-]. The molecule has 1 heterocycles. The van der Waals surface area contributed by atoms with Crippen LogP contribution in [0.5, 0.6) is 0 Å². The third kappa shape index (κ3) is 2.32. The van der Waals surface area contributed by atoms with E-state index in [1.54, 1.807) is 0 Å². The fourth-order valence-corrected chi connectivity index (χ4v) is 1.39. The number of nitro groups is 1. The molecular formula is C7H3BrF2N2O3. The summed E-state index contributed by atoms with van der Waals surface area (Å²) in [7, 11) is 0. The normalized spacial score (nSPS) is 10.4. The van der Waals surface area contributed by atoms with E-state index < -0.39 is 22.9 Å². The molecule has 8 heteroatoms. The third-order valence-corrected chi connectivity index (χ3v) is 2.18. The lowest BCUT2D eigenvalue weighted by Gasteiger charge is -2.00. The number of carbonyl (C=O) groups excluding carboxylic acids is 1. The average molecular weight is 281 g/mol. The second-order valence-corrected chi connectivity index (χ2v) is 3.30. The van der Waals surface area contributed by atoms with Gasteiger partial charge in [-0.15, -0.1) is 0 Å². The van der Waals surface area contributed by atoms with Gasteiger partial charge in [0.2, 0.25) is 5.69 Å². The van der Waals surface area contributed by atoms with E-state index in [0.29, 0.717) is 0 Å². The van der Waals surface area contributed by atoms with Crippen LogP contribution in [-0.2, 0) is 0 Å². The zero-order chi connectivity index (χ0) is 11.6. The number of aldehydes is 1. The molecule has 5 nitrogen and oxygen atoms in total. The average Bonchev–Trinajstić information content (AvgIpc) is 2.16. The van der Waals surface area contributed by atoms with Gasteiger partial charge < -0.3 is 10.1 Å². The Hall–Kier alpha value is -1.44. The van der Waals surface area contributed by atoms with Crippen LogP contribution in [0, 0.1) is 10.1 Å². The van der Waals surface area contributed by atoms with Gasteiger partial charge in [0.05, 0.1) is 0 Å². The van der Waals surface area contributed by atoms with Crippen LogP contribution in [-0.4, -0.2) is 16.2 Å². The molecule has 0 spiro atoms. The number of rotatable bonds is 3. The summed E-state index contributed by atoms with van der Waals surface area (Å²) >= 11 is 2.79. The summed E-state index contributed by atoms with van der Waals surface area (Å²) in [6, 6.07) is 0.876. The third-order valence-electron chi connectivity index (χ3n) is 1.52. The number of aromatic nitrogens is 1. The minimum atomic E-state index is -2.93. The number of pyridine rings is 1. The topological polar surface area (TPSA) is 73.1 Å². The van der Waals surface area contributed by atoms with E-state index in [1.807, 2.05) is 0 Å². The molecule has 15 heavy (non-hydrogen) atoms. The van der Waals surface area contributed by atoms with Crippen LogP contribution in [0.15, 0.2) is 10.5 Å². The second kappa shape index (κ2) is 4.39. The van der Waals surface area contributed by atoms with Gasteiger partial charge in [-0.3, -0.25) is 4.79 Å². The van der Waals surface area contributed by atoms with E-state index in [1.165, 1.54) is 0 Å². The molecule has 1 rings (SSSR count). The fraction of sp³-hybridized carbons (Fsp3) is 0.143. The summed E-state index contributed by atoms with van der Waals surface area (Å²) in [5.41, 5.74) is -1.11. The van der Waals surface area contributed by atoms with E-state index in [9.17, 15) is 23.7 Å². The highest BCUT2D eigenvalue weighted by Crippen LogP contribution is 2.28. The summed E-state index contributed by atoms with van der Waals surface area (Å²) in [5.74, 6) is -0.880. The Morgan fingerprint density at radius 2 is 2.20 bits per heavy atom. The smallest absolute Gasteiger partial charge is 0.358 e. The van der Waals surface area contributed by atoms with Crippen molar-refractivity contribution >= 4 is 28.0 Å². The van der Waals surface area contributed by atoms with Gasteiger partial charge in [-0.1, -0.05) is 0 Å². The molecule has 0 aliphatic heterocycles. The van der Waals surface area contributed by atoms with Crippen molar-refractivity contribution in [1.82, 2.24) is 4.98 Å². The van der Waals surface area contributed by atoms with Crippen molar-refractivity contribution in [1.29, 1.82) is 0 Å². The number of carbonyl (C=O) groups is 1. The zero-order valence-corrected chi connectivity index (χ0v) is 8.57. The number of nitrogens with zero attached hydrogens (tertiary/aromatic N) is 2. The predicted octanol–water partition coefficient (Wildman–Crippen LogP) is 2.50. The van der Waals surface area contributed by atoms with Crippen LogP contribution in [0.4, 0.5) is 14.6 Å². The molecular weight excluding hydrogens is 278 g/mol. The Morgan fingerprint density at radius 1 is 1.60 bits per heavy atom. The molecule has 0 amide bonds. The lowest BCUT2D eigenvalue weighted by molar-refractivity contribution is -0.390. The van der Waals surface area contributed by atoms with Gasteiger partial charge >= 0.3 is 12.2 Å². The summed E-state index contributed by atoms with van der Waals surface area (Å²) in [6.07, 6.45) is -2.74. The molecule has 0 aliphatic carbocycles. The first-order chi connectivity index (χ1) is 6.97. The molecule has 0 fully saturated rings. The molecule has 0 radical (unpaired) electrons. The van der Waals surface area contributed by atoms with Crippen molar-refractivity contribution in [3.8, 4) is 0 Å². The lowest BCUT2D eigenvalue weighted by atomic mass is 10.2. The first kappa shape index (κ1) is 11.6. The van der Waals surface area contributed by atoms with Crippen LogP contribution < -0.4 is 0 Å². The van der Waals surface area contributed by atoms with Crippen molar-refractivity contribution < 1.29 is 18.5 Å². The molecule has 0 unspecified atom stereocenters. The van der Waals surface area contributed by atoms with E-state index in [4.69, 9.17) is 0 Å². The standard InChI is InChI=1S/C7H3BrF2N2O3/c8-4-1-5(6(9)10)11-7(12(14)15)3(4)2-13/h1-2,6H. The van der Waals surface area contributed by atoms with Crippen LogP contribution in [0.1, 0.15) is 22.5 Å². The van der Waals surface area contributed by atoms with Crippen molar-refractivity contribution in [3.05, 3.63) is 31.9 Å². The second-order valence-electron chi connectivity index (χ2n) is 2.44. The molecule has 0 bridgehead atoms. The number of alkyl halides is 2. The Labute approximate surface area is 90.4 Å². The van der Waals surface area contributed by atoms with Crippen molar-refractivity contribution in [2.75, 3.05) is 0 Å². The van der Waals surface area contributed by atoms with Gasteiger partial charge in [-0.25, -0.2) is 8.78 Å². The largest absolute Gasteiger partial charge is 0.375 e. The molecule has 0 N–H and O–H groups in total. The molecule has 80 valence electrons. The van der Waals surface area contributed by atoms with Crippen molar-refractivity contribution in [2.24, 2.45) is 0 Å². The summed E-state index contributed by atoms with van der Waals surface area (Å²) in [4.78, 5) is 23.0. The maximum atomic E-state index is 12.2. The monoisotopic (exact) mass is 280 g/mol. The van der Waals surface area contributed by atoms with Gasteiger partial charge in [0.1, 0.15) is 5.56 Å². The predicted molar refractivity (Wildman–Crippen MR) is 48.9 cm³/mol. The van der Waals surface area contributed by atoms with Gasteiger partial charge in [0.25, 0.3) is 0 Å². The van der Waals surface area contributed by atoms with E-state index in [0.717, 1.165) is 6.07 Å². The van der Waals surface area contributed by atoms with Crippen LogP contribution >= 0.6 is 15.9 Å². The highest BCUT2D eigenvalue weighted by molar-refractivity contribution is 9.10. The van der Waals surface area contributed by atoms with E-state index in [-0.39, 0.29) is 16.3 Å². The zero-order valence-electron chi connectivity index (χ0n) is 6.99. The maximum absolute atomic E-state index is 12.2. The van der Waals surface area contributed by atoms with Gasteiger partial charge in [0.15, 0.2) is 6.29 Å². The molecule has 1 aromatic rings. The summed E-state index contributed by atoms with van der Waals surface area (Å²) < 4.78 is 24.4. The highest BCUT2D eigenvalue weighted by atomic mass is 79.9. The summed E-state index contributed by atoms with van der Waals surface area (Å²) in [5, 5.41) is 10.4. The van der Waals surface area contributed by atoms with Crippen LogP contribution in [0.2, 0.25) is 0 Å². The molecule has 1 aromatic heterocycles. The molecule has 0 saturated heterocycles. The molecule has 0 saturated carbocycles. The minimum absolute atomic E-state index is 0.0745.